The van der Waals surface area contributed by atoms with Gasteiger partial charge in [0.2, 0.25) is 0 Å². The van der Waals surface area contributed by atoms with E-state index >= 15 is 0 Å². The van der Waals surface area contributed by atoms with E-state index in [-0.39, 0.29) is 35.8 Å². The first-order chi connectivity index (χ1) is 12.8. The number of rotatable bonds is 7. The molecule has 0 amide bonds. The highest BCUT2D eigenvalue weighted by Crippen LogP contribution is 2.43. The molecule has 0 saturated carbocycles. The molecule has 152 valence electrons. The highest BCUT2D eigenvalue weighted by molar-refractivity contribution is 5.85. The second kappa shape index (κ2) is 8.74. The fourth-order valence-corrected chi connectivity index (χ4v) is 2.47. The summed E-state index contributed by atoms with van der Waals surface area (Å²) in [7, 11) is 0. The van der Waals surface area contributed by atoms with E-state index in [1.807, 2.05) is 35.3 Å². The molecule has 0 spiro atoms. The van der Waals surface area contributed by atoms with Crippen LogP contribution in [-0.2, 0) is 12.5 Å². The molecule has 0 bridgehead atoms. The lowest BCUT2D eigenvalue weighted by Gasteiger charge is -2.16. The number of benzene rings is 2. The van der Waals surface area contributed by atoms with Crippen molar-refractivity contribution in [3.63, 3.8) is 0 Å². The van der Waals surface area contributed by atoms with Gasteiger partial charge >= 0.3 is 12.1 Å². The van der Waals surface area contributed by atoms with Gasteiger partial charge in [0.05, 0.1) is 5.52 Å². The van der Waals surface area contributed by atoms with Crippen molar-refractivity contribution < 1.29 is 26.7 Å². The van der Waals surface area contributed by atoms with Crippen molar-refractivity contribution in [3.8, 4) is 5.75 Å². The number of H-pyrrole nitrogens is 1. The summed E-state index contributed by atoms with van der Waals surface area (Å²) in [5.74, 6) is -6.39. The Balaban J connectivity index is 0.00000280. The van der Waals surface area contributed by atoms with Crippen LogP contribution in [0.1, 0.15) is 11.4 Å². The van der Waals surface area contributed by atoms with Crippen molar-refractivity contribution in [2.45, 2.75) is 18.6 Å². The molecule has 2 aromatic carbocycles. The standard InChI is InChI=1S/C18H16F5N3O.ClH/c19-17(20,18(21,22)23)16-25-13-7-4-8-14(15(13)26-16)27-10-9-24-11-12-5-2-1-3-6-12;/h1-8,24H,9-11H2,(H,25,26);1H. The fourth-order valence-electron chi connectivity index (χ4n) is 2.47. The maximum atomic E-state index is 13.5. The van der Waals surface area contributed by atoms with Crippen molar-refractivity contribution in [2.75, 3.05) is 13.2 Å². The molecule has 1 heterocycles. The van der Waals surface area contributed by atoms with E-state index in [9.17, 15) is 22.0 Å². The second-order valence-electron chi connectivity index (χ2n) is 5.82. The third kappa shape index (κ3) is 4.71. The van der Waals surface area contributed by atoms with E-state index in [0.717, 1.165) is 5.56 Å². The molecule has 0 saturated heterocycles. The Morgan fingerprint density at radius 2 is 1.68 bits per heavy atom. The van der Waals surface area contributed by atoms with Crippen molar-refractivity contribution in [2.24, 2.45) is 0 Å². The fraction of sp³-hybridized carbons (Fsp3) is 0.278. The van der Waals surface area contributed by atoms with E-state index in [2.05, 4.69) is 10.3 Å². The average molecular weight is 422 g/mol. The van der Waals surface area contributed by atoms with Crippen LogP contribution in [0.15, 0.2) is 48.5 Å². The predicted octanol–water partition coefficient (Wildman–Crippen LogP) is 4.81. The zero-order valence-electron chi connectivity index (χ0n) is 14.4. The molecule has 4 nitrogen and oxygen atoms in total. The Kier molecular flexibility index (Phi) is 6.84. The Morgan fingerprint density at radius 1 is 0.964 bits per heavy atom. The van der Waals surface area contributed by atoms with Gasteiger partial charge in [0.25, 0.3) is 0 Å². The van der Waals surface area contributed by atoms with Gasteiger partial charge in [-0.05, 0) is 17.7 Å². The molecule has 1 aromatic heterocycles. The molecule has 0 aliphatic rings. The van der Waals surface area contributed by atoms with Crippen LogP contribution in [0.4, 0.5) is 22.0 Å². The van der Waals surface area contributed by atoms with Crippen LogP contribution >= 0.6 is 12.4 Å². The number of nitrogens with zero attached hydrogens (tertiary/aromatic N) is 1. The Bertz CT molecular complexity index is 899. The second-order valence-corrected chi connectivity index (χ2v) is 5.82. The summed E-state index contributed by atoms with van der Waals surface area (Å²) in [4.78, 5) is 5.46. The van der Waals surface area contributed by atoms with Gasteiger partial charge in [-0.2, -0.15) is 22.0 Å². The molecule has 0 aliphatic heterocycles. The molecule has 3 aromatic rings. The van der Waals surface area contributed by atoms with Crippen LogP contribution < -0.4 is 10.1 Å². The normalized spacial score (nSPS) is 12.0. The minimum Gasteiger partial charge on any atom is -0.490 e. The van der Waals surface area contributed by atoms with Crippen LogP contribution in [-0.4, -0.2) is 29.3 Å². The number of nitrogens with one attached hydrogen (secondary N) is 2. The molecular weight excluding hydrogens is 405 g/mol. The summed E-state index contributed by atoms with van der Waals surface area (Å²) >= 11 is 0. The van der Waals surface area contributed by atoms with E-state index in [1.54, 1.807) is 0 Å². The number of hydrogen-bond acceptors (Lipinski definition) is 3. The van der Waals surface area contributed by atoms with Gasteiger partial charge in [-0.15, -0.1) is 12.4 Å². The molecular formula is C18H17ClF5N3O. The summed E-state index contributed by atoms with van der Waals surface area (Å²) in [6.07, 6.45) is -5.73. The molecule has 0 aliphatic carbocycles. The van der Waals surface area contributed by atoms with Gasteiger partial charge in [-0.25, -0.2) is 4.98 Å². The number of hydrogen-bond donors (Lipinski definition) is 2. The summed E-state index contributed by atoms with van der Waals surface area (Å²) < 4.78 is 70.0. The van der Waals surface area contributed by atoms with E-state index < -0.39 is 17.9 Å². The number of ether oxygens (including phenoxy) is 1. The first-order valence-corrected chi connectivity index (χ1v) is 8.10. The zero-order valence-corrected chi connectivity index (χ0v) is 15.2. The number of aromatic nitrogens is 2. The maximum Gasteiger partial charge on any atom is 0.461 e. The monoisotopic (exact) mass is 421 g/mol. The van der Waals surface area contributed by atoms with Crippen LogP contribution in [0.3, 0.4) is 0 Å². The van der Waals surface area contributed by atoms with Gasteiger partial charge in [0, 0.05) is 13.1 Å². The number of aromatic amines is 1. The Morgan fingerprint density at radius 3 is 2.36 bits per heavy atom. The predicted molar refractivity (Wildman–Crippen MR) is 96.9 cm³/mol. The van der Waals surface area contributed by atoms with Gasteiger partial charge < -0.3 is 15.0 Å². The topological polar surface area (TPSA) is 49.9 Å². The molecule has 0 atom stereocenters. The van der Waals surface area contributed by atoms with Crippen molar-refractivity contribution in [3.05, 3.63) is 59.9 Å². The lowest BCUT2D eigenvalue weighted by Crippen LogP contribution is -2.34. The maximum absolute atomic E-state index is 13.5. The molecule has 0 fully saturated rings. The van der Waals surface area contributed by atoms with E-state index in [4.69, 9.17) is 4.74 Å². The lowest BCUT2D eigenvalue weighted by atomic mass is 10.2. The summed E-state index contributed by atoms with van der Waals surface area (Å²) in [6, 6.07) is 14.0. The van der Waals surface area contributed by atoms with E-state index in [0.29, 0.717) is 13.1 Å². The number of fused-ring (bicyclic) bond motifs is 1. The van der Waals surface area contributed by atoms with Crippen molar-refractivity contribution in [1.29, 1.82) is 0 Å². The van der Waals surface area contributed by atoms with Crippen LogP contribution in [0.25, 0.3) is 11.0 Å². The molecule has 2 N–H and O–H groups in total. The number of imidazole rings is 1. The quantitative estimate of drug-likeness (QED) is 0.425. The Hall–Kier alpha value is -2.39. The molecule has 10 heteroatoms. The van der Waals surface area contributed by atoms with Crippen LogP contribution in [0, 0.1) is 0 Å². The highest BCUT2D eigenvalue weighted by atomic mass is 35.5. The highest BCUT2D eigenvalue weighted by Gasteiger charge is 2.61. The van der Waals surface area contributed by atoms with E-state index in [1.165, 1.54) is 18.2 Å². The van der Waals surface area contributed by atoms with Gasteiger partial charge in [-0.3, -0.25) is 0 Å². The summed E-state index contributed by atoms with van der Waals surface area (Å²) in [6.45, 7) is 1.28. The minimum atomic E-state index is -5.73. The number of para-hydroxylation sites is 1. The van der Waals surface area contributed by atoms with Crippen molar-refractivity contribution >= 4 is 23.4 Å². The first-order valence-electron chi connectivity index (χ1n) is 8.10. The zero-order chi connectivity index (χ0) is 19.5. The van der Waals surface area contributed by atoms with Crippen LogP contribution in [0.2, 0.25) is 0 Å². The smallest absolute Gasteiger partial charge is 0.461 e. The first kappa shape index (κ1) is 21.9. The molecule has 0 unspecified atom stereocenters. The third-order valence-electron chi connectivity index (χ3n) is 3.84. The molecule has 28 heavy (non-hydrogen) atoms. The van der Waals surface area contributed by atoms with Crippen molar-refractivity contribution in [1.82, 2.24) is 15.3 Å². The SMILES string of the molecule is Cl.FC(F)(F)C(F)(F)c1nc2c(OCCNCc3ccccc3)cccc2[nH]1. The van der Waals surface area contributed by atoms with Gasteiger partial charge in [0.15, 0.2) is 5.82 Å². The number of alkyl halides is 5. The average Bonchev–Trinajstić information content (AvgIpc) is 3.07. The molecule has 3 rings (SSSR count). The number of halogens is 6. The van der Waals surface area contributed by atoms with Gasteiger partial charge in [0.1, 0.15) is 17.9 Å². The van der Waals surface area contributed by atoms with Gasteiger partial charge in [-0.1, -0.05) is 36.4 Å². The van der Waals surface area contributed by atoms with Crippen LogP contribution in [0.5, 0.6) is 5.75 Å². The largest absolute Gasteiger partial charge is 0.490 e. The lowest BCUT2D eigenvalue weighted by molar-refractivity contribution is -0.292. The summed E-state index contributed by atoms with van der Waals surface area (Å²) in [5, 5.41) is 3.15. The minimum absolute atomic E-state index is 0. The Labute approximate surface area is 163 Å². The molecule has 0 radical (unpaired) electrons. The summed E-state index contributed by atoms with van der Waals surface area (Å²) in [5.41, 5.74) is 1.06. The third-order valence-corrected chi connectivity index (χ3v) is 3.84.